The summed E-state index contributed by atoms with van der Waals surface area (Å²) in [5.74, 6) is -0.411. The Balaban J connectivity index is 2.20. The van der Waals surface area contributed by atoms with E-state index in [1.165, 1.54) is 7.11 Å². The largest absolute Gasteiger partial charge is 0.465 e. The molecule has 2 rings (SSSR count). The molecule has 2 aromatic carbocycles. The van der Waals surface area contributed by atoms with Crippen molar-refractivity contribution < 1.29 is 9.53 Å². The molecule has 0 spiro atoms. The van der Waals surface area contributed by atoms with Crippen LogP contribution in [-0.2, 0) is 11.3 Å². The highest BCUT2D eigenvalue weighted by Crippen LogP contribution is 2.25. The van der Waals surface area contributed by atoms with Crippen molar-refractivity contribution in [1.82, 2.24) is 0 Å². The molecule has 0 atom stereocenters. The van der Waals surface area contributed by atoms with Gasteiger partial charge in [-0.15, -0.1) is 0 Å². The molecule has 0 aliphatic heterocycles. The van der Waals surface area contributed by atoms with E-state index in [-0.39, 0.29) is 0 Å². The molecule has 3 nitrogen and oxygen atoms in total. The molecule has 110 valence electrons. The third-order valence-corrected chi connectivity index (χ3v) is 4.30. The molecule has 0 aliphatic carbocycles. The minimum absolute atomic E-state index is 0.411. The van der Waals surface area contributed by atoms with Crippen LogP contribution in [0.25, 0.3) is 0 Å². The maximum Gasteiger partial charge on any atom is 0.339 e. The van der Waals surface area contributed by atoms with E-state index in [1.54, 1.807) is 18.2 Å². The van der Waals surface area contributed by atoms with E-state index in [2.05, 4.69) is 21.2 Å². The Morgan fingerprint density at radius 3 is 2.67 bits per heavy atom. The summed E-state index contributed by atoms with van der Waals surface area (Å²) in [5, 5.41) is 4.38. The lowest BCUT2D eigenvalue weighted by Gasteiger charge is -2.12. The second-order valence-electron chi connectivity index (χ2n) is 4.28. The lowest BCUT2D eigenvalue weighted by molar-refractivity contribution is 0.0602. The zero-order chi connectivity index (χ0) is 15.4. The summed E-state index contributed by atoms with van der Waals surface area (Å²) in [5.41, 5.74) is 2.08. The number of hydrogen-bond acceptors (Lipinski definition) is 3. The van der Waals surface area contributed by atoms with Crippen LogP contribution in [0, 0.1) is 0 Å². The van der Waals surface area contributed by atoms with Crippen LogP contribution in [0.3, 0.4) is 0 Å². The number of benzene rings is 2. The van der Waals surface area contributed by atoms with E-state index in [0.717, 1.165) is 10.0 Å². The summed E-state index contributed by atoms with van der Waals surface area (Å²) >= 11 is 15.3. The first-order valence-corrected chi connectivity index (χ1v) is 7.62. The van der Waals surface area contributed by atoms with Gasteiger partial charge < -0.3 is 10.1 Å². The average molecular weight is 389 g/mol. The molecule has 0 amide bonds. The fourth-order valence-electron chi connectivity index (χ4n) is 1.80. The van der Waals surface area contributed by atoms with Gasteiger partial charge in [0.05, 0.1) is 23.4 Å². The van der Waals surface area contributed by atoms with Crippen LogP contribution in [0.15, 0.2) is 40.9 Å². The van der Waals surface area contributed by atoms with E-state index in [4.69, 9.17) is 27.9 Å². The number of carbonyl (C=O) groups is 1. The molecule has 21 heavy (non-hydrogen) atoms. The van der Waals surface area contributed by atoms with Crippen molar-refractivity contribution >= 4 is 50.8 Å². The molecule has 0 saturated carbocycles. The van der Waals surface area contributed by atoms with Gasteiger partial charge in [-0.05, 0) is 51.8 Å². The Bertz CT molecular complexity index is 677. The smallest absolute Gasteiger partial charge is 0.339 e. The molecule has 0 unspecified atom stereocenters. The van der Waals surface area contributed by atoms with Gasteiger partial charge in [0, 0.05) is 16.0 Å². The minimum Gasteiger partial charge on any atom is -0.465 e. The molecule has 0 aliphatic rings. The van der Waals surface area contributed by atoms with Gasteiger partial charge in [0.2, 0.25) is 0 Å². The number of methoxy groups -OCH3 is 1. The lowest BCUT2D eigenvalue weighted by Crippen LogP contribution is -2.08. The van der Waals surface area contributed by atoms with E-state index in [0.29, 0.717) is 27.8 Å². The maximum atomic E-state index is 11.7. The van der Waals surface area contributed by atoms with Crippen molar-refractivity contribution in [2.45, 2.75) is 6.54 Å². The fourth-order valence-corrected chi connectivity index (χ4v) is 2.51. The second kappa shape index (κ2) is 7.16. The Morgan fingerprint density at radius 2 is 2.00 bits per heavy atom. The fraction of sp³-hybridized carbons (Fsp3) is 0.133. The summed E-state index contributed by atoms with van der Waals surface area (Å²) in [4.78, 5) is 11.7. The monoisotopic (exact) mass is 387 g/mol. The predicted octanol–water partition coefficient (Wildman–Crippen LogP) is 5.15. The number of rotatable bonds is 4. The lowest BCUT2D eigenvalue weighted by atomic mass is 10.1. The second-order valence-corrected chi connectivity index (χ2v) is 5.98. The van der Waals surface area contributed by atoms with Gasteiger partial charge in [-0.1, -0.05) is 29.3 Å². The third kappa shape index (κ3) is 4.13. The number of hydrogen-bond donors (Lipinski definition) is 1. The average Bonchev–Trinajstić information content (AvgIpc) is 2.48. The van der Waals surface area contributed by atoms with E-state index >= 15 is 0 Å². The first-order chi connectivity index (χ1) is 10.0. The number of halogens is 3. The Hall–Kier alpha value is -1.23. The van der Waals surface area contributed by atoms with Crippen LogP contribution in [0.5, 0.6) is 0 Å². The number of anilines is 1. The number of ether oxygens (including phenoxy) is 1. The topological polar surface area (TPSA) is 38.3 Å². The molecular formula is C15H12BrCl2NO2. The number of carbonyl (C=O) groups excluding carboxylic acids is 1. The van der Waals surface area contributed by atoms with Crippen molar-refractivity contribution in [2.75, 3.05) is 12.4 Å². The van der Waals surface area contributed by atoms with Crippen LogP contribution >= 0.6 is 39.1 Å². The zero-order valence-corrected chi connectivity index (χ0v) is 14.2. The first-order valence-electron chi connectivity index (χ1n) is 6.07. The Kier molecular flexibility index (Phi) is 5.51. The molecule has 0 saturated heterocycles. The van der Waals surface area contributed by atoms with E-state index < -0.39 is 5.97 Å². The molecular weight excluding hydrogens is 377 g/mol. The predicted molar refractivity (Wildman–Crippen MR) is 89.3 cm³/mol. The van der Waals surface area contributed by atoms with Crippen molar-refractivity contribution in [3.05, 3.63) is 62.0 Å². The van der Waals surface area contributed by atoms with Gasteiger partial charge in [0.15, 0.2) is 0 Å². The molecule has 6 heteroatoms. The zero-order valence-electron chi connectivity index (χ0n) is 11.1. The first kappa shape index (κ1) is 16.1. The summed E-state index contributed by atoms with van der Waals surface area (Å²) in [6.07, 6.45) is 0. The van der Waals surface area contributed by atoms with Crippen LogP contribution in [-0.4, -0.2) is 13.1 Å². The molecule has 0 aromatic heterocycles. The molecule has 2 aromatic rings. The molecule has 1 N–H and O–H groups in total. The SMILES string of the molecule is COC(=O)c1ccc(Cl)cc1NCc1ccc(Cl)c(Br)c1. The van der Waals surface area contributed by atoms with Crippen LogP contribution < -0.4 is 5.32 Å². The number of esters is 1. The summed E-state index contributed by atoms with van der Waals surface area (Å²) in [6, 6.07) is 10.6. The van der Waals surface area contributed by atoms with Gasteiger partial charge in [0.1, 0.15) is 0 Å². The standard InChI is InChI=1S/C15H12BrCl2NO2/c1-21-15(20)11-4-3-10(17)7-14(11)19-8-9-2-5-13(18)12(16)6-9/h2-7,19H,8H2,1H3. The van der Waals surface area contributed by atoms with Crippen LogP contribution in [0.1, 0.15) is 15.9 Å². The molecule has 0 radical (unpaired) electrons. The Morgan fingerprint density at radius 1 is 1.24 bits per heavy atom. The van der Waals surface area contributed by atoms with Crippen molar-refractivity contribution in [3.8, 4) is 0 Å². The number of nitrogens with one attached hydrogen (secondary N) is 1. The van der Waals surface area contributed by atoms with Crippen molar-refractivity contribution in [2.24, 2.45) is 0 Å². The molecule has 0 fully saturated rings. The molecule has 0 heterocycles. The van der Waals surface area contributed by atoms with E-state index in [9.17, 15) is 4.79 Å². The van der Waals surface area contributed by atoms with Crippen molar-refractivity contribution in [1.29, 1.82) is 0 Å². The normalized spacial score (nSPS) is 10.3. The highest BCUT2D eigenvalue weighted by atomic mass is 79.9. The highest BCUT2D eigenvalue weighted by molar-refractivity contribution is 9.10. The van der Waals surface area contributed by atoms with E-state index in [1.807, 2.05) is 18.2 Å². The van der Waals surface area contributed by atoms with Crippen LogP contribution in [0.2, 0.25) is 10.0 Å². The van der Waals surface area contributed by atoms with Crippen molar-refractivity contribution in [3.63, 3.8) is 0 Å². The van der Waals surface area contributed by atoms with Gasteiger partial charge in [-0.2, -0.15) is 0 Å². The summed E-state index contributed by atoms with van der Waals surface area (Å²) in [6.45, 7) is 0.528. The van der Waals surface area contributed by atoms with Gasteiger partial charge in [-0.25, -0.2) is 4.79 Å². The van der Waals surface area contributed by atoms with Gasteiger partial charge >= 0.3 is 5.97 Å². The summed E-state index contributed by atoms with van der Waals surface area (Å²) < 4.78 is 5.58. The maximum absolute atomic E-state index is 11.7. The third-order valence-electron chi connectivity index (χ3n) is 2.85. The van der Waals surface area contributed by atoms with Gasteiger partial charge in [0.25, 0.3) is 0 Å². The molecule has 0 bridgehead atoms. The minimum atomic E-state index is -0.411. The Labute approximate surface area is 141 Å². The quantitative estimate of drug-likeness (QED) is 0.735. The summed E-state index contributed by atoms with van der Waals surface area (Å²) in [7, 11) is 1.34. The van der Waals surface area contributed by atoms with Crippen LogP contribution in [0.4, 0.5) is 5.69 Å². The highest BCUT2D eigenvalue weighted by Gasteiger charge is 2.12. The van der Waals surface area contributed by atoms with Gasteiger partial charge in [-0.3, -0.25) is 0 Å².